The van der Waals surface area contributed by atoms with Crippen molar-refractivity contribution in [1.29, 1.82) is 0 Å². The Balaban J connectivity index is 1.86. The molecule has 1 aliphatic heterocycles. The highest BCUT2D eigenvalue weighted by Crippen LogP contribution is 2.20. The number of hydrogen-bond donors (Lipinski definition) is 5. The molecule has 1 fully saturated rings. The quantitative estimate of drug-likeness (QED) is 0.0663. The summed E-state index contributed by atoms with van der Waals surface area (Å²) in [6, 6.07) is 7.15. The van der Waals surface area contributed by atoms with E-state index in [1.165, 1.54) is 4.90 Å². The smallest absolute Gasteiger partial charge is 0.328 e. The molecule has 0 radical (unpaired) electrons. The molecular formula is C26H42N4O13. The van der Waals surface area contributed by atoms with Crippen LogP contribution >= 0.6 is 0 Å². The van der Waals surface area contributed by atoms with Crippen LogP contribution in [0.25, 0.3) is 0 Å². The highest BCUT2D eigenvalue weighted by molar-refractivity contribution is 5.88. The molecule has 1 saturated heterocycles. The van der Waals surface area contributed by atoms with Crippen LogP contribution in [0, 0.1) is 0 Å². The predicted molar refractivity (Wildman–Crippen MR) is 142 cm³/mol. The topological polar surface area (TPSA) is 209 Å². The van der Waals surface area contributed by atoms with Crippen LogP contribution in [0.4, 0.5) is 0 Å². The second kappa shape index (κ2) is 21.0. The first-order chi connectivity index (χ1) is 20.7. The fourth-order valence-corrected chi connectivity index (χ4v) is 4.28. The summed E-state index contributed by atoms with van der Waals surface area (Å²) < 4.78 is 21.0. The Morgan fingerprint density at radius 2 is 1.47 bits per heavy atom. The Labute approximate surface area is 249 Å². The van der Waals surface area contributed by atoms with Gasteiger partial charge < -0.3 is 23.8 Å². The first-order valence-corrected chi connectivity index (χ1v) is 13.9. The number of carbonyl (C=O) groups is 3. The van der Waals surface area contributed by atoms with Gasteiger partial charge in [-0.05, 0) is 38.2 Å². The van der Waals surface area contributed by atoms with Gasteiger partial charge in [-0.3, -0.25) is 35.7 Å². The number of nitrogens with one attached hydrogen (secondary N) is 1. The number of ether oxygens (including phenoxy) is 4. The lowest BCUT2D eigenvalue weighted by Gasteiger charge is -2.28. The van der Waals surface area contributed by atoms with Crippen LogP contribution in [0.5, 0.6) is 0 Å². The van der Waals surface area contributed by atoms with E-state index < -0.39 is 40.8 Å². The van der Waals surface area contributed by atoms with Crippen molar-refractivity contribution in [3.8, 4) is 0 Å². The van der Waals surface area contributed by atoms with Crippen LogP contribution in [0.1, 0.15) is 31.7 Å². The molecule has 5 N–H and O–H groups in total. The van der Waals surface area contributed by atoms with Gasteiger partial charge in [0, 0.05) is 6.54 Å². The van der Waals surface area contributed by atoms with Crippen LogP contribution in [0.2, 0.25) is 0 Å². The Morgan fingerprint density at radius 3 is 2.07 bits per heavy atom. The van der Waals surface area contributed by atoms with Gasteiger partial charge in [-0.1, -0.05) is 30.3 Å². The maximum Gasteiger partial charge on any atom is 0.328 e. The van der Waals surface area contributed by atoms with Crippen LogP contribution in [-0.4, -0.2) is 132 Å². The Kier molecular flexibility index (Phi) is 17.8. The third-order valence-electron chi connectivity index (χ3n) is 6.29. The van der Waals surface area contributed by atoms with Crippen LogP contribution < -0.4 is 5.32 Å². The van der Waals surface area contributed by atoms with Gasteiger partial charge in [0.1, 0.15) is 25.3 Å². The molecule has 0 spiro atoms. The predicted octanol–water partition coefficient (Wildman–Crippen LogP) is 0.101. The lowest BCUT2D eigenvalue weighted by molar-refractivity contribution is -0.493. The summed E-state index contributed by atoms with van der Waals surface area (Å²) in [6.07, 6.45) is 1.95. The molecule has 17 nitrogen and oxygen atoms in total. The van der Waals surface area contributed by atoms with Gasteiger partial charge in [0.2, 0.25) is 5.91 Å². The van der Waals surface area contributed by atoms with E-state index in [2.05, 4.69) is 15.0 Å². The van der Waals surface area contributed by atoms with E-state index >= 15 is 0 Å². The number of nitrogens with zero attached hydrogens (tertiary/aromatic N) is 3. The van der Waals surface area contributed by atoms with Crippen molar-refractivity contribution in [3.05, 3.63) is 35.9 Å². The lowest BCUT2D eigenvalue weighted by atomic mass is 10.0. The number of aryl methyl sites for hydroxylation is 1. The van der Waals surface area contributed by atoms with Gasteiger partial charge in [-0.2, -0.15) is 0 Å². The summed E-state index contributed by atoms with van der Waals surface area (Å²) in [7, 11) is 0. The maximum atomic E-state index is 13.4. The molecule has 0 aliphatic carbocycles. The van der Waals surface area contributed by atoms with E-state index in [-0.39, 0.29) is 58.8 Å². The minimum Gasteiger partial charge on any atom is -0.462 e. The van der Waals surface area contributed by atoms with E-state index in [1.807, 2.05) is 30.3 Å². The Morgan fingerprint density at radius 1 is 0.884 bits per heavy atom. The van der Waals surface area contributed by atoms with Crippen molar-refractivity contribution in [1.82, 2.24) is 21.0 Å². The lowest BCUT2D eigenvalue weighted by Crippen LogP contribution is -2.53. The summed E-state index contributed by atoms with van der Waals surface area (Å²) in [5, 5.41) is 36.1. The highest BCUT2D eigenvalue weighted by Gasteiger charge is 2.38. The van der Waals surface area contributed by atoms with Crippen molar-refractivity contribution >= 4 is 17.8 Å². The van der Waals surface area contributed by atoms with Gasteiger partial charge in [-0.15, -0.1) is 0 Å². The maximum absolute atomic E-state index is 13.4. The number of rotatable bonds is 22. The largest absolute Gasteiger partial charge is 0.462 e. The van der Waals surface area contributed by atoms with Gasteiger partial charge >= 0.3 is 11.9 Å². The van der Waals surface area contributed by atoms with Gasteiger partial charge in [0.15, 0.2) is 0 Å². The molecule has 2 rings (SSSR count). The third kappa shape index (κ3) is 15.0. The number of amides is 1. The molecule has 1 aliphatic rings. The number of esters is 2. The molecule has 3 unspecified atom stereocenters. The van der Waals surface area contributed by atoms with E-state index in [0.29, 0.717) is 32.2 Å². The highest BCUT2D eigenvalue weighted by atomic mass is 17.1. The second-order valence-corrected chi connectivity index (χ2v) is 9.39. The molecule has 1 aromatic rings. The molecule has 244 valence electrons. The SMILES string of the molecule is CC(NC(CCc1ccccc1)C(=O)OCCOCCON(O)O)C(=O)N1CCCC1C(=O)OCCOCCON(O)O. The summed E-state index contributed by atoms with van der Waals surface area (Å²) in [6.45, 7) is 1.80. The monoisotopic (exact) mass is 618 g/mol. The molecule has 0 saturated carbocycles. The molecule has 0 aromatic heterocycles. The first-order valence-electron chi connectivity index (χ1n) is 13.9. The molecular weight excluding hydrogens is 576 g/mol. The number of hydrogen-bond acceptors (Lipinski definition) is 16. The summed E-state index contributed by atoms with van der Waals surface area (Å²) in [5.41, 5.74) is 1.01. The summed E-state index contributed by atoms with van der Waals surface area (Å²) in [5.74, 6) is -1.49. The minimum absolute atomic E-state index is 0.0337. The molecule has 1 heterocycles. The number of benzene rings is 1. The number of likely N-dealkylation sites (tertiary alicyclic amines) is 1. The number of carbonyl (C=O) groups excluding carboxylic acids is 3. The van der Waals surface area contributed by atoms with Crippen molar-refractivity contribution in [2.45, 2.75) is 50.7 Å². The van der Waals surface area contributed by atoms with Gasteiger partial charge in [-0.25, -0.2) is 14.5 Å². The zero-order chi connectivity index (χ0) is 31.5. The molecule has 1 amide bonds. The van der Waals surface area contributed by atoms with Crippen LogP contribution in [0.15, 0.2) is 30.3 Å². The molecule has 1 aromatic carbocycles. The second-order valence-electron chi connectivity index (χ2n) is 9.39. The van der Waals surface area contributed by atoms with E-state index in [1.54, 1.807) is 6.92 Å². The van der Waals surface area contributed by atoms with Crippen molar-refractivity contribution in [2.24, 2.45) is 0 Å². The van der Waals surface area contributed by atoms with E-state index in [0.717, 1.165) is 5.56 Å². The minimum atomic E-state index is -0.822. The summed E-state index contributed by atoms with van der Waals surface area (Å²) in [4.78, 5) is 49.2. The summed E-state index contributed by atoms with van der Waals surface area (Å²) >= 11 is 0. The molecule has 3 atom stereocenters. The zero-order valence-electron chi connectivity index (χ0n) is 24.1. The molecule has 0 bridgehead atoms. The average Bonchev–Trinajstić information content (AvgIpc) is 3.48. The molecule has 17 heteroatoms. The van der Waals surface area contributed by atoms with Crippen molar-refractivity contribution in [2.75, 3.05) is 59.4 Å². The van der Waals surface area contributed by atoms with E-state index in [9.17, 15) is 14.4 Å². The van der Waals surface area contributed by atoms with Crippen molar-refractivity contribution < 1.29 is 63.8 Å². The van der Waals surface area contributed by atoms with Gasteiger partial charge in [0.25, 0.3) is 0 Å². The van der Waals surface area contributed by atoms with Crippen molar-refractivity contribution in [3.63, 3.8) is 0 Å². The average molecular weight is 619 g/mol. The Hall–Kier alpha value is -2.81. The standard InChI is InChI=1S/C26H42N4O13/c1-20(24(31)28-11-5-8-23(28)26(33)41-17-13-39-15-19-43-30(36)37)27-22(10-9-21-6-3-2-4-7-21)25(32)40-16-12-38-14-18-42-29(34)35/h2-4,6-7,20,22-23,27,34-37H,5,8-19H2,1H3. The molecule has 43 heavy (non-hydrogen) atoms. The third-order valence-corrected chi connectivity index (χ3v) is 6.29. The fourth-order valence-electron chi connectivity index (χ4n) is 4.28. The van der Waals surface area contributed by atoms with E-state index in [4.69, 9.17) is 39.8 Å². The first kappa shape index (κ1) is 36.4. The normalized spacial score (nSPS) is 16.4. The Bertz CT molecular complexity index is 941. The van der Waals surface area contributed by atoms with Crippen LogP contribution in [-0.2, 0) is 49.4 Å². The van der Waals surface area contributed by atoms with Gasteiger partial charge in [0.05, 0.1) is 56.5 Å². The fraction of sp³-hybridized carbons (Fsp3) is 0.654. The zero-order valence-corrected chi connectivity index (χ0v) is 24.1. The van der Waals surface area contributed by atoms with Crippen LogP contribution in [0.3, 0.4) is 0 Å².